The number of aryl methyl sites for hydroxylation is 4. The van der Waals surface area contributed by atoms with Crippen LogP contribution in [-0.4, -0.2) is 14.1 Å². The molecule has 84 heavy (non-hydrogen) atoms. The van der Waals surface area contributed by atoms with E-state index >= 15 is 0 Å². The van der Waals surface area contributed by atoms with Crippen LogP contribution >= 0.6 is 0 Å². The number of alkyl halides is 12. The Morgan fingerprint density at radius 1 is 0.345 bits per heavy atom. The fourth-order valence-electron chi connectivity index (χ4n) is 11.7. The van der Waals surface area contributed by atoms with Gasteiger partial charge in [-0.15, -0.1) is 0 Å². The number of halogens is 12. The average Bonchev–Trinajstić information content (AvgIpc) is 3.01. The van der Waals surface area contributed by atoms with E-state index in [0.29, 0.717) is 41.1 Å². The van der Waals surface area contributed by atoms with Crippen LogP contribution in [0.3, 0.4) is 0 Å². The van der Waals surface area contributed by atoms with Gasteiger partial charge in [-0.05, 0) is 186 Å². The van der Waals surface area contributed by atoms with Crippen LogP contribution in [0, 0.1) is 39.0 Å². The van der Waals surface area contributed by atoms with Crippen LogP contribution in [0.5, 0.6) is 0 Å². The molecule has 0 saturated heterocycles. The van der Waals surface area contributed by atoms with Crippen LogP contribution in [0.2, 0.25) is 0 Å². The second-order valence-electron chi connectivity index (χ2n) is 21.0. The molecule has 12 aromatic rings. The topological polar surface area (TPSA) is 46.5 Å². The van der Waals surface area contributed by atoms with E-state index in [1.54, 1.807) is 41.2 Å². The van der Waals surface area contributed by atoms with Gasteiger partial charge >= 0.3 is 24.7 Å². The molecule has 0 spiro atoms. The van der Waals surface area contributed by atoms with Gasteiger partial charge in [0.1, 0.15) is 6.07 Å². The predicted octanol–water partition coefficient (Wildman–Crippen LogP) is 20.8. The number of pyridine rings is 1. The van der Waals surface area contributed by atoms with Crippen LogP contribution in [0.15, 0.2) is 182 Å². The number of nitrogens with zero attached hydrogens (tertiary/aromatic N) is 4. The highest BCUT2D eigenvalue weighted by Gasteiger charge is 2.40. The lowest BCUT2D eigenvalue weighted by Crippen LogP contribution is -2.12. The van der Waals surface area contributed by atoms with Crippen molar-refractivity contribution in [2.24, 2.45) is 0 Å². The van der Waals surface area contributed by atoms with Crippen molar-refractivity contribution in [3.05, 3.63) is 232 Å². The number of hydrogen-bond acceptors (Lipinski definition) is 2. The van der Waals surface area contributed by atoms with Crippen molar-refractivity contribution in [2.45, 2.75) is 52.4 Å². The first kappa shape index (κ1) is 54.9. The molecule has 9 aromatic carbocycles. The Balaban J connectivity index is 1.15. The standard InChI is InChI=1S/C68H42F12N4/c1-36-5-13-48(38(3)25-36)41-7-17-61-53(27-41)54-28-42(49-14-6-37(2)26-39(49)4)8-18-62(54)84(61)64-31-45(35-81)63(34-52(64)40-21-23-82-24-22-40)83-59-19-9-43(50-15-11-46(65(69,70)71)32-57(50)67(75,76)77)29-55(59)56-30-44(10-20-60(56)83)51-16-12-47(66(72,73)74)33-58(51)68(78,79)80/h5-34H,1-4H3. The fourth-order valence-corrected chi connectivity index (χ4v) is 11.7. The average molecular weight is 1140 g/mol. The Morgan fingerprint density at radius 2 is 0.714 bits per heavy atom. The minimum Gasteiger partial charge on any atom is -0.309 e. The van der Waals surface area contributed by atoms with Gasteiger partial charge in [0.2, 0.25) is 0 Å². The summed E-state index contributed by atoms with van der Waals surface area (Å²) in [6.07, 6.45) is -17.7. The van der Waals surface area contributed by atoms with Crippen molar-refractivity contribution >= 4 is 43.6 Å². The zero-order valence-electron chi connectivity index (χ0n) is 44.6. The van der Waals surface area contributed by atoms with E-state index in [0.717, 1.165) is 66.3 Å². The van der Waals surface area contributed by atoms with E-state index in [1.807, 2.05) is 38.1 Å². The molecular formula is C68H42F12N4. The molecule has 0 saturated carbocycles. The molecule has 16 heteroatoms. The van der Waals surface area contributed by atoms with E-state index in [4.69, 9.17) is 0 Å². The summed E-state index contributed by atoms with van der Waals surface area (Å²) in [6.45, 7) is 8.17. The van der Waals surface area contributed by atoms with E-state index in [9.17, 15) is 57.9 Å². The van der Waals surface area contributed by atoms with Gasteiger partial charge in [-0.3, -0.25) is 4.98 Å². The summed E-state index contributed by atoms with van der Waals surface area (Å²) in [4.78, 5) is 4.28. The quantitative estimate of drug-likeness (QED) is 0.149. The number of nitriles is 1. The molecule has 0 atom stereocenters. The SMILES string of the molecule is Cc1ccc(-c2ccc3c(c2)c2cc(-c4ccc(C)cc4C)ccc2n3-c2cc(C#N)c(-n3c4ccc(-c5ccc(C(F)(F)F)cc5C(F)(F)F)cc4c4cc(-c5ccc(C(F)(F)F)cc5C(F)(F)F)ccc43)cc2-c2ccncc2)c(C)c1. The Kier molecular flexibility index (Phi) is 12.9. The Labute approximate surface area is 471 Å². The third-order valence-electron chi connectivity index (χ3n) is 15.6. The Bertz CT molecular complexity index is 4480. The highest BCUT2D eigenvalue weighted by atomic mass is 19.4. The van der Waals surface area contributed by atoms with Crippen LogP contribution in [0.4, 0.5) is 52.7 Å². The van der Waals surface area contributed by atoms with Gasteiger partial charge in [-0.2, -0.15) is 57.9 Å². The maximum atomic E-state index is 14.8. The number of hydrogen-bond donors (Lipinski definition) is 0. The van der Waals surface area contributed by atoms with Crippen molar-refractivity contribution in [3.63, 3.8) is 0 Å². The van der Waals surface area contributed by atoms with Crippen molar-refractivity contribution in [2.75, 3.05) is 0 Å². The molecule has 418 valence electrons. The summed E-state index contributed by atoms with van der Waals surface area (Å²) in [5.74, 6) is 0. The van der Waals surface area contributed by atoms with Crippen LogP contribution in [-0.2, 0) is 24.7 Å². The molecule has 3 aromatic heterocycles. The van der Waals surface area contributed by atoms with Gasteiger partial charge in [0, 0.05) is 39.5 Å². The molecule has 0 aliphatic heterocycles. The minimum atomic E-state index is -5.29. The summed E-state index contributed by atoms with van der Waals surface area (Å²) in [5, 5.41) is 13.3. The molecule has 0 aliphatic carbocycles. The molecule has 3 heterocycles. The Morgan fingerprint density at radius 3 is 1.07 bits per heavy atom. The van der Waals surface area contributed by atoms with E-state index in [-0.39, 0.29) is 56.3 Å². The first-order chi connectivity index (χ1) is 39.8. The van der Waals surface area contributed by atoms with Crippen molar-refractivity contribution in [3.8, 4) is 73.1 Å². The molecule has 4 nitrogen and oxygen atoms in total. The summed E-state index contributed by atoms with van der Waals surface area (Å²) in [7, 11) is 0. The van der Waals surface area contributed by atoms with Crippen LogP contribution < -0.4 is 0 Å². The van der Waals surface area contributed by atoms with Crippen LogP contribution in [0.1, 0.15) is 50.1 Å². The lowest BCUT2D eigenvalue weighted by atomic mass is 9.94. The van der Waals surface area contributed by atoms with E-state index in [1.165, 1.54) is 36.4 Å². The van der Waals surface area contributed by atoms with Crippen molar-refractivity contribution in [1.29, 1.82) is 5.26 Å². The number of fused-ring (bicyclic) bond motifs is 6. The van der Waals surface area contributed by atoms with Gasteiger partial charge in [0.05, 0.1) is 61.3 Å². The first-order valence-electron chi connectivity index (χ1n) is 26.2. The minimum absolute atomic E-state index is 0.00346. The number of benzene rings is 9. The van der Waals surface area contributed by atoms with Crippen molar-refractivity contribution in [1.82, 2.24) is 14.1 Å². The summed E-state index contributed by atoms with van der Waals surface area (Å²) in [5.41, 5.74) is 4.30. The van der Waals surface area contributed by atoms with Gasteiger partial charge in [0.15, 0.2) is 0 Å². The summed E-state index contributed by atoms with van der Waals surface area (Å²) in [6, 6.07) is 44.5. The smallest absolute Gasteiger partial charge is 0.309 e. The molecule has 0 amide bonds. The second kappa shape index (κ2) is 19.8. The lowest BCUT2D eigenvalue weighted by Gasteiger charge is -2.19. The molecule has 0 bridgehead atoms. The molecule has 0 radical (unpaired) electrons. The molecule has 0 aliphatic rings. The molecular weight excluding hydrogens is 1100 g/mol. The summed E-state index contributed by atoms with van der Waals surface area (Å²) >= 11 is 0. The fraction of sp³-hybridized carbons (Fsp3) is 0.118. The highest BCUT2D eigenvalue weighted by molar-refractivity contribution is 6.14. The van der Waals surface area contributed by atoms with Gasteiger partial charge < -0.3 is 9.13 Å². The van der Waals surface area contributed by atoms with Gasteiger partial charge in [-0.1, -0.05) is 83.9 Å². The normalized spacial score (nSPS) is 12.5. The Hall–Kier alpha value is -9.62. The molecule has 0 unspecified atom stereocenters. The predicted molar refractivity (Wildman–Crippen MR) is 304 cm³/mol. The van der Waals surface area contributed by atoms with Gasteiger partial charge in [-0.25, -0.2) is 0 Å². The summed E-state index contributed by atoms with van der Waals surface area (Å²) < 4.78 is 176. The van der Waals surface area contributed by atoms with E-state index < -0.39 is 58.1 Å². The molecule has 12 rings (SSSR count). The molecule has 0 fully saturated rings. The van der Waals surface area contributed by atoms with E-state index in [2.05, 4.69) is 78.0 Å². The van der Waals surface area contributed by atoms with Crippen molar-refractivity contribution < 1.29 is 52.7 Å². The molecule has 0 N–H and O–H groups in total. The second-order valence-corrected chi connectivity index (χ2v) is 21.0. The maximum Gasteiger partial charge on any atom is 0.417 e. The number of aromatic nitrogens is 3. The monoisotopic (exact) mass is 1140 g/mol. The third kappa shape index (κ3) is 9.56. The highest BCUT2D eigenvalue weighted by Crippen LogP contribution is 2.48. The largest absolute Gasteiger partial charge is 0.417 e. The third-order valence-corrected chi connectivity index (χ3v) is 15.6. The first-order valence-corrected chi connectivity index (χ1v) is 26.2. The van der Waals surface area contributed by atoms with Crippen LogP contribution in [0.25, 0.3) is 111 Å². The van der Waals surface area contributed by atoms with Gasteiger partial charge in [0.25, 0.3) is 0 Å². The maximum absolute atomic E-state index is 14.8. The number of rotatable bonds is 7. The zero-order valence-corrected chi connectivity index (χ0v) is 44.6. The lowest BCUT2D eigenvalue weighted by molar-refractivity contribution is -0.144. The zero-order chi connectivity index (χ0) is 59.5.